The SMILES string of the molecule is CN=C(NCC(c1ccc(OC)cc1)N(C)C)NCC(c1cccs1)N1CCCC1. The van der Waals surface area contributed by atoms with Gasteiger partial charge in [-0.15, -0.1) is 11.3 Å². The average Bonchev–Trinajstić information content (AvgIpc) is 3.48. The maximum absolute atomic E-state index is 5.29. The Kier molecular flexibility index (Phi) is 8.54. The number of nitrogens with one attached hydrogen (secondary N) is 2. The molecule has 1 saturated heterocycles. The van der Waals surface area contributed by atoms with E-state index in [1.54, 1.807) is 7.11 Å². The number of methoxy groups -OCH3 is 1. The Morgan fingerprint density at radius 2 is 1.83 bits per heavy atom. The molecule has 30 heavy (non-hydrogen) atoms. The van der Waals surface area contributed by atoms with E-state index in [0.29, 0.717) is 6.04 Å². The Morgan fingerprint density at radius 3 is 2.40 bits per heavy atom. The van der Waals surface area contributed by atoms with Crippen molar-refractivity contribution >= 4 is 17.3 Å². The van der Waals surface area contributed by atoms with Crippen molar-refractivity contribution in [1.82, 2.24) is 20.4 Å². The Labute approximate surface area is 184 Å². The molecule has 0 bridgehead atoms. The highest BCUT2D eigenvalue weighted by Crippen LogP contribution is 2.27. The van der Waals surface area contributed by atoms with Crippen LogP contribution < -0.4 is 15.4 Å². The first-order valence-electron chi connectivity index (χ1n) is 10.6. The van der Waals surface area contributed by atoms with Crippen LogP contribution in [0.4, 0.5) is 0 Å². The minimum Gasteiger partial charge on any atom is -0.497 e. The summed E-state index contributed by atoms with van der Waals surface area (Å²) in [5, 5.41) is 9.25. The van der Waals surface area contributed by atoms with Crippen LogP contribution in [-0.4, -0.2) is 70.2 Å². The molecule has 6 nitrogen and oxygen atoms in total. The maximum atomic E-state index is 5.29. The highest BCUT2D eigenvalue weighted by molar-refractivity contribution is 7.10. The molecule has 2 N–H and O–H groups in total. The molecule has 2 aromatic rings. The summed E-state index contributed by atoms with van der Waals surface area (Å²) in [6.45, 7) is 3.98. The number of benzene rings is 1. The second-order valence-corrected chi connectivity index (χ2v) is 8.84. The predicted molar refractivity (Wildman–Crippen MR) is 127 cm³/mol. The summed E-state index contributed by atoms with van der Waals surface area (Å²) in [6.07, 6.45) is 2.59. The highest BCUT2D eigenvalue weighted by atomic mass is 32.1. The zero-order valence-electron chi connectivity index (χ0n) is 18.6. The normalized spacial score (nSPS) is 17.2. The van der Waals surface area contributed by atoms with Gasteiger partial charge in [-0.25, -0.2) is 0 Å². The van der Waals surface area contributed by atoms with Crippen LogP contribution in [0.1, 0.15) is 35.4 Å². The lowest BCUT2D eigenvalue weighted by molar-refractivity contribution is 0.248. The van der Waals surface area contributed by atoms with Crippen LogP contribution in [0.15, 0.2) is 46.8 Å². The van der Waals surface area contributed by atoms with Gasteiger partial charge in [-0.05, 0) is 69.2 Å². The second-order valence-electron chi connectivity index (χ2n) is 7.86. The van der Waals surface area contributed by atoms with Gasteiger partial charge < -0.3 is 20.3 Å². The first kappa shape index (κ1) is 22.6. The van der Waals surface area contributed by atoms with Crippen LogP contribution in [0.2, 0.25) is 0 Å². The van der Waals surface area contributed by atoms with Gasteiger partial charge in [-0.1, -0.05) is 18.2 Å². The van der Waals surface area contributed by atoms with E-state index in [4.69, 9.17) is 4.74 Å². The summed E-state index contributed by atoms with van der Waals surface area (Å²) < 4.78 is 5.29. The lowest BCUT2D eigenvalue weighted by Gasteiger charge is -2.29. The zero-order valence-corrected chi connectivity index (χ0v) is 19.4. The first-order valence-corrected chi connectivity index (χ1v) is 11.5. The molecule has 1 fully saturated rings. The van der Waals surface area contributed by atoms with Gasteiger partial charge in [0.2, 0.25) is 0 Å². The number of ether oxygens (including phenoxy) is 1. The minimum absolute atomic E-state index is 0.237. The molecule has 2 heterocycles. The third-order valence-corrected chi connectivity index (χ3v) is 6.70. The van der Waals surface area contributed by atoms with Crippen LogP contribution in [0.3, 0.4) is 0 Å². The largest absolute Gasteiger partial charge is 0.497 e. The molecule has 0 spiro atoms. The molecule has 2 atom stereocenters. The molecule has 2 unspecified atom stereocenters. The smallest absolute Gasteiger partial charge is 0.191 e. The Morgan fingerprint density at radius 1 is 1.13 bits per heavy atom. The number of hydrogen-bond acceptors (Lipinski definition) is 5. The van der Waals surface area contributed by atoms with Crippen molar-refractivity contribution < 1.29 is 4.74 Å². The van der Waals surface area contributed by atoms with Crippen molar-refractivity contribution in [1.29, 1.82) is 0 Å². The van der Waals surface area contributed by atoms with Crippen LogP contribution in [0.25, 0.3) is 0 Å². The van der Waals surface area contributed by atoms with E-state index < -0.39 is 0 Å². The van der Waals surface area contributed by atoms with E-state index in [-0.39, 0.29) is 6.04 Å². The number of thiophene rings is 1. The van der Waals surface area contributed by atoms with Gasteiger partial charge in [0.1, 0.15) is 5.75 Å². The van der Waals surface area contributed by atoms with Crippen molar-refractivity contribution in [2.45, 2.75) is 24.9 Å². The van der Waals surface area contributed by atoms with E-state index >= 15 is 0 Å². The number of guanidine groups is 1. The topological polar surface area (TPSA) is 52.1 Å². The third-order valence-electron chi connectivity index (χ3n) is 5.73. The van der Waals surface area contributed by atoms with Gasteiger partial charge in [0.25, 0.3) is 0 Å². The Balaban J connectivity index is 1.59. The van der Waals surface area contributed by atoms with Crippen LogP contribution in [-0.2, 0) is 0 Å². The van der Waals surface area contributed by atoms with Gasteiger partial charge >= 0.3 is 0 Å². The number of aliphatic imine (C=N–C) groups is 1. The predicted octanol–water partition coefficient (Wildman–Crippen LogP) is 3.36. The van der Waals surface area contributed by atoms with E-state index in [9.17, 15) is 0 Å². The Bertz CT molecular complexity index is 769. The quantitative estimate of drug-likeness (QED) is 0.473. The fourth-order valence-electron chi connectivity index (χ4n) is 3.98. The maximum Gasteiger partial charge on any atom is 0.191 e. The van der Waals surface area contributed by atoms with Crippen molar-refractivity contribution in [3.8, 4) is 5.75 Å². The molecule has 1 aromatic heterocycles. The summed E-state index contributed by atoms with van der Waals surface area (Å²) in [5.74, 6) is 1.72. The zero-order chi connectivity index (χ0) is 21.3. The van der Waals surface area contributed by atoms with E-state index in [0.717, 1.165) is 24.8 Å². The molecule has 7 heteroatoms. The monoisotopic (exact) mass is 429 g/mol. The molecule has 1 aromatic carbocycles. The lowest BCUT2D eigenvalue weighted by Crippen LogP contribution is -2.44. The van der Waals surface area contributed by atoms with Gasteiger partial charge in [-0.2, -0.15) is 0 Å². The summed E-state index contributed by atoms with van der Waals surface area (Å²) in [4.78, 5) is 10.7. The van der Waals surface area contributed by atoms with Crippen LogP contribution in [0, 0.1) is 0 Å². The number of rotatable bonds is 9. The minimum atomic E-state index is 0.237. The Hall–Kier alpha value is -2.09. The van der Waals surface area contributed by atoms with E-state index in [1.807, 2.05) is 30.5 Å². The van der Waals surface area contributed by atoms with Crippen LogP contribution >= 0.6 is 11.3 Å². The molecule has 0 radical (unpaired) electrons. The number of likely N-dealkylation sites (tertiary alicyclic amines) is 1. The number of likely N-dealkylation sites (N-methyl/N-ethyl adjacent to an activating group) is 1. The summed E-state index contributed by atoms with van der Waals surface area (Å²) in [7, 11) is 7.74. The second kappa shape index (κ2) is 11.3. The first-order chi connectivity index (χ1) is 14.6. The van der Waals surface area contributed by atoms with E-state index in [1.165, 1.54) is 36.4 Å². The third kappa shape index (κ3) is 5.97. The van der Waals surface area contributed by atoms with Crippen LogP contribution in [0.5, 0.6) is 5.75 Å². The fourth-order valence-corrected chi connectivity index (χ4v) is 4.84. The molecule has 1 aliphatic heterocycles. The molecule has 0 saturated carbocycles. The van der Waals surface area contributed by atoms with Gasteiger partial charge in [0.05, 0.1) is 19.2 Å². The summed E-state index contributed by atoms with van der Waals surface area (Å²) >= 11 is 1.84. The molecule has 0 amide bonds. The molecule has 1 aliphatic rings. The van der Waals surface area contributed by atoms with Gasteiger partial charge in [-0.3, -0.25) is 9.89 Å². The molecular weight excluding hydrogens is 394 g/mol. The molecular formula is C23H35N5OS. The van der Waals surface area contributed by atoms with E-state index in [2.05, 4.69) is 69.2 Å². The molecule has 164 valence electrons. The average molecular weight is 430 g/mol. The van der Waals surface area contributed by atoms with Gasteiger partial charge in [0.15, 0.2) is 5.96 Å². The summed E-state index contributed by atoms with van der Waals surface area (Å²) in [5.41, 5.74) is 1.25. The molecule has 3 rings (SSSR count). The van der Waals surface area contributed by atoms with Crippen molar-refractivity contribution in [3.05, 3.63) is 52.2 Å². The van der Waals surface area contributed by atoms with Crippen molar-refractivity contribution in [2.24, 2.45) is 4.99 Å². The highest BCUT2D eigenvalue weighted by Gasteiger charge is 2.24. The molecule has 0 aliphatic carbocycles. The van der Waals surface area contributed by atoms with Crippen molar-refractivity contribution in [2.75, 3.05) is 54.4 Å². The van der Waals surface area contributed by atoms with Gasteiger partial charge in [0, 0.05) is 25.0 Å². The van der Waals surface area contributed by atoms with Crippen molar-refractivity contribution in [3.63, 3.8) is 0 Å². The lowest BCUT2D eigenvalue weighted by atomic mass is 10.1. The number of nitrogens with zero attached hydrogens (tertiary/aromatic N) is 3. The fraction of sp³-hybridized carbons (Fsp3) is 0.522. The summed E-state index contributed by atoms with van der Waals surface area (Å²) in [6, 6.07) is 13.3. The number of hydrogen-bond donors (Lipinski definition) is 2. The standard InChI is InChI=1S/C23H35N5OS/c1-24-23(25-16-20(27(2)3)18-9-11-19(29-4)12-10-18)26-17-21(22-8-7-15-30-22)28-13-5-6-14-28/h7-12,15,20-21H,5-6,13-14,16-17H2,1-4H3,(H2,24,25,26).